The van der Waals surface area contributed by atoms with Crippen molar-refractivity contribution in [3.63, 3.8) is 0 Å². The van der Waals surface area contributed by atoms with Crippen LogP contribution in [0, 0.1) is 5.92 Å². The normalized spacial score (nSPS) is 21.1. The molecule has 1 N–H and O–H groups in total. The van der Waals surface area contributed by atoms with Gasteiger partial charge in [-0.2, -0.15) is 0 Å². The van der Waals surface area contributed by atoms with Crippen LogP contribution in [0.3, 0.4) is 0 Å². The first-order chi connectivity index (χ1) is 13.8. The quantitative estimate of drug-likeness (QED) is 0.776. The van der Waals surface area contributed by atoms with E-state index in [-0.39, 0.29) is 23.2 Å². The Labute approximate surface area is 176 Å². The molecule has 0 aliphatic carbocycles. The summed E-state index contributed by atoms with van der Waals surface area (Å²) in [5.74, 6) is 0.618. The van der Waals surface area contributed by atoms with Crippen LogP contribution in [-0.2, 0) is 16.1 Å². The second-order valence-corrected chi connectivity index (χ2v) is 8.84. The van der Waals surface area contributed by atoms with Gasteiger partial charge < -0.3 is 19.5 Å². The first-order valence-corrected chi connectivity index (χ1v) is 10.4. The number of phenolic OH excluding ortho intramolecular Hbond substituents is 1. The number of benzene rings is 2. The average molecular weight is 416 g/mol. The number of phenols is 1. The molecule has 1 atom stereocenters. The van der Waals surface area contributed by atoms with Crippen LogP contribution in [0.1, 0.15) is 32.3 Å². The van der Waals surface area contributed by atoms with Gasteiger partial charge in [0.05, 0.1) is 12.1 Å². The van der Waals surface area contributed by atoms with Crippen LogP contribution >= 0.6 is 11.6 Å². The summed E-state index contributed by atoms with van der Waals surface area (Å²) in [6.45, 7) is 5.93. The molecule has 0 spiro atoms. The number of hydrogen-bond acceptors (Lipinski definition) is 4. The summed E-state index contributed by atoms with van der Waals surface area (Å²) >= 11 is 6.13. The molecule has 0 aromatic heterocycles. The zero-order valence-electron chi connectivity index (χ0n) is 16.8. The number of nitrogens with zero attached hydrogens (tertiary/aromatic N) is 1. The van der Waals surface area contributed by atoms with Gasteiger partial charge in [0.25, 0.3) is 0 Å². The summed E-state index contributed by atoms with van der Waals surface area (Å²) in [4.78, 5) is 15.1. The molecule has 2 aliphatic rings. The Bertz CT molecular complexity index is 927. The lowest BCUT2D eigenvalue weighted by molar-refractivity contribution is -0.146. The monoisotopic (exact) mass is 415 g/mol. The van der Waals surface area contributed by atoms with Gasteiger partial charge >= 0.3 is 0 Å². The van der Waals surface area contributed by atoms with Crippen molar-refractivity contribution in [1.82, 2.24) is 4.90 Å². The largest absolute Gasteiger partial charge is 0.504 e. The van der Waals surface area contributed by atoms with E-state index >= 15 is 0 Å². The third kappa shape index (κ3) is 4.36. The summed E-state index contributed by atoms with van der Waals surface area (Å²) in [5.41, 5.74) is 2.27. The topological polar surface area (TPSA) is 59.0 Å². The van der Waals surface area contributed by atoms with E-state index in [2.05, 4.69) is 0 Å². The summed E-state index contributed by atoms with van der Waals surface area (Å²) in [7, 11) is 0. The van der Waals surface area contributed by atoms with Crippen LogP contribution in [-0.4, -0.2) is 41.3 Å². The molecule has 2 aliphatic heterocycles. The summed E-state index contributed by atoms with van der Waals surface area (Å²) in [6, 6.07) is 11.1. The molecular formula is C23H26ClNO4. The smallest absolute Gasteiger partial charge is 0.226 e. The maximum Gasteiger partial charge on any atom is 0.226 e. The van der Waals surface area contributed by atoms with Gasteiger partial charge in [-0.05, 0) is 62.1 Å². The van der Waals surface area contributed by atoms with Gasteiger partial charge in [-0.3, -0.25) is 4.79 Å². The lowest BCUT2D eigenvalue weighted by Gasteiger charge is -2.36. The fourth-order valence-electron chi connectivity index (χ4n) is 4.22. The van der Waals surface area contributed by atoms with Gasteiger partial charge in [-0.25, -0.2) is 0 Å². The molecule has 2 aromatic rings. The van der Waals surface area contributed by atoms with Crippen LogP contribution in [0.2, 0.25) is 5.02 Å². The Morgan fingerprint density at radius 1 is 1.21 bits per heavy atom. The molecule has 0 radical (unpaired) electrons. The lowest BCUT2D eigenvalue weighted by Crippen LogP contribution is -2.43. The number of carbonyl (C=O) groups excluding carboxylic acids is 1. The second-order valence-electron chi connectivity index (χ2n) is 8.40. The van der Waals surface area contributed by atoms with Crippen molar-refractivity contribution < 1.29 is 19.4 Å². The molecule has 1 saturated heterocycles. The number of rotatable bonds is 2. The SMILES string of the molecule is CC1(C)CC(C(=O)N2CCOc3c(O)cc(-c4cccc(Cl)c4)cc3C2)CCO1. The van der Waals surface area contributed by atoms with E-state index in [4.69, 9.17) is 21.1 Å². The third-order valence-corrected chi connectivity index (χ3v) is 5.87. The molecule has 1 unspecified atom stereocenters. The fourth-order valence-corrected chi connectivity index (χ4v) is 4.41. The minimum Gasteiger partial charge on any atom is -0.504 e. The zero-order chi connectivity index (χ0) is 20.6. The average Bonchev–Trinajstić information content (AvgIpc) is 2.89. The van der Waals surface area contributed by atoms with Gasteiger partial charge in [0.2, 0.25) is 5.91 Å². The maximum absolute atomic E-state index is 13.2. The predicted octanol–water partition coefficient (Wildman–Crippen LogP) is 4.64. The first kappa shape index (κ1) is 20.0. The Morgan fingerprint density at radius 2 is 2.03 bits per heavy atom. The van der Waals surface area contributed by atoms with Crippen LogP contribution in [0.4, 0.5) is 0 Å². The molecule has 154 valence electrons. The van der Waals surface area contributed by atoms with Crippen LogP contribution in [0.25, 0.3) is 11.1 Å². The molecule has 0 saturated carbocycles. The van der Waals surface area contributed by atoms with E-state index in [1.54, 1.807) is 6.07 Å². The highest BCUT2D eigenvalue weighted by Crippen LogP contribution is 2.39. The lowest BCUT2D eigenvalue weighted by atomic mass is 9.87. The number of amides is 1. The highest BCUT2D eigenvalue weighted by Gasteiger charge is 2.35. The standard InChI is InChI=1S/C23H26ClNO4/c1-23(2)13-16(6-8-29-23)22(27)25-7-9-28-21-18(14-25)10-17(12-20(21)26)15-4-3-5-19(24)11-15/h3-5,10-12,16,26H,6-9,13-14H2,1-2H3. The maximum atomic E-state index is 13.2. The molecule has 4 rings (SSSR count). The van der Waals surface area contributed by atoms with Crippen LogP contribution in [0.15, 0.2) is 36.4 Å². The minimum absolute atomic E-state index is 0.0509. The van der Waals surface area contributed by atoms with Crippen molar-refractivity contribution in [1.29, 1.82) is 0 Å². The highest BCUT2D eigenvalue weighted by atomic mass is 35.5. The van der Waals surface area contributed by atoms with Gasteiger partial charge in [-0.15, -0.1) is 0 Å². The van der Waals surface area contributed by atoms with E-state index in [9.17, 15) is 9.90 Å². The van der Waals surface area contributed by atoms with E-state index in [1.165, 1.54) is 0 Å². The van der Waals surface area contributed by atoms with Crippen molar-refractivity contribution in [2.24, 2.45) is 5.92 Å². The van der Waals surface area contributed by atoms with Crippen molar-refractivity contribution in [3.8, 4) is 22.6 Å². The molecule has 1 amide bonds. The second kappa shape index (κ2) is 7.88. The van der Waals surface area contributed by atoms with Crippen molar-refractivity contribution in [2.45, 2.75) is 38.8 Å². The molecule has 29 heavy (non-hydrogen) atoms. The molecule has 0 bridgehead atoms. The number of ether oxygens (including phenoxy) is 2. The number of aromatic hydroxyl groups is 1. The Morgan fingerprint density at radius 3 is 2.79 bits per heavy atom. The number of fused-ring (bicyclic) bond motifs is 1. The Balaban J connectivity index is 1.61. The Hall–Kier alpha value is -2.24. The van der Waals surface area contributed by atoms with E-state index in [1.807, 2.05) is 49.1 Å². The fraction of sp³-hybridized carbons (Fsp3) is 0.435. The zero-order valence-corrected chi connectivity index (χ0v) is 17.5. The van der Waals surface area contributed by atoms with Crippen molar-refractivity contribution in [3.05, 3.63) is 47.0 Å². The van der Waals surface area contributed by atoms with Crippen LogP contribution < -0.4 is 4.74 Å². The van der Waals surface area contributed by atoms with Crippen molar-refractivity contribution >= 4 is 17.5 Å². The summed E-state index contributed by atoms with van der Waals surface area (Å²) in [6.07, 6.45) is 1.45. The summed E-state index contributed by atoms with van der Waals surface area (Å²) < 4.78 is 11.6. The number of halogens is 1. The van der Waals surface area contributed by atoms with Gasteiger partial charge in [0, 0.05) is 29.7 Å². The molecule has 6 heteroatoms. The van der Waals surface area contributed by atoms with E-state index in [0.29, 0.717) is 43.5 Å². The predicted molar refractivity (Wildman–Crippen MR) is 112 cm³/mol. The van der Waals surface area contributed by atoms with E-state index < -0.39 is 0 Å². The van der Waals surface area contributed by atoms with Crippen molar-refractivity contribution in [2.75, 3.05) is 19.8 Å². The summed E-state index contributed by atoms with van der Waals surface area (Å²) in [5, 5.41) is 11.2. The first-order valence-electron chi connectivity index (χ1n) is 10.00. The third-order valence-electron chi connectivity index (χ3n) is 5.63. The molecule has 2 heterocycles. The van der Waals surface area contributed by atoms with Gasteiger partial charge in [-0.1, -0.05) is 23.7 Å². The molecule has 1 fully saturated rings. The Kier molecular flexibility index (Phi) is 5.45. The highest BCUT2D eigenvalue weighted by molar-refractivity contribution is 6.30. The van der Waals surface area contributed by atoms with Crippen LogP contribution in [0.5, 0.6) is 11.5 Å². The van der Waals surface area contributed by atoms with Gasteiger partial charge in [0.15, 0.2) is 11.5 Å². The van der Waals surface area contributed by atoms with E-state index in [0.717, 1.165) is 23.1 Å². The molecule has 5 nitrogen and oxygen atoms in total. The number of hydrogen-bond donors (Lipinski definition) is 1. The van der Waals surface area contributed by atoms with Gasteiger partial charge in [0.1, 0.15) is 6.61 Å². The number of carbonyl (C=O) groups is 1. The molecule has 2 aromatic carbocycles. The minimum atomic E-state index is -0.281. The molecular weight excluding hydrogens is 390 g/mol.